The van der Waals surface area contributed by atoms with Gasteiger partial charge in [-0.1, -0.05) is 18.2 Å². The Hall–Kier alpha value is -3.02. The Morgan fingerprint density at radius 1 is 1.14 bits per heavy atom. The topological polar surface area (TPSA) is 56.6 Å². The SMILES string of the molecule is Cc1nc2ccccc2n1CC(=O)N1CCCC1c1ccc2c(c1)OCCO2. The Morgan fingerprint density at radius 3 is 2.86 bits per heavy atom. The molecular weight excluding hydrogens is 354 g/mol. The van der Waals surface area contributed by atoms with Gasteiger partial charge in [0.25, 0.3) is 0 Å². The van der Waals surface area contributed by atoms with Crippen molar-refractivity contribution in [2.24, 2.45) is 0 Å². The highest BCUT2D eigenvalue weighted by Crippen LogP contribution is 2.38. The van der Waals surface area contributed by atoms with Gasteiger partial charge >= 0.3 is 0 Å². The van der Waals surface area contributed by atoms with E-state index in [1.54, 1.807) is 0 Å². The van der Waals surface area contributed by atoms with Gasteiger partial charge in [0.2, 0.25) is 5.91 Å². The largest absolute Gasteiger partial charge is 0.486 e. The molecule has 0 saturated carbocycles. The zero-order valence-corrected chi connectivity index (χ0v) is 15.9. The van der Waals surface area contributed by atoms with Gasteiger partial charge in [0.1, 0.15) is 25.6 Å². The van der Waals surface area contributed by atoms with Gasteiger partial charge in [-0.2, -0.15) is 0 Å². The molecule has 1 fully saturated rings. The summed E-state index contributed by atoms with van der Waals surface area (Å²) in [5.41, 5.74) is 3.04. The predicted octanol–water partition coefficient (Wildman–Crippen LogP) is 3.48. The van der Waals surface area contributed by atoms with Crippen LogP contribution in [0.1, 0.15) is 30.3 Å². The minimum Gasteiger partial charge on any atom is -0.486 e. The number of carbonyl (C=O) groups is 1. The lowest BCUT2D eigenvalue weighted by atomic mass is 10.0. The number of amides is 1. The predicted molar refractivity (Wildman–Crippen MR) is 106 cm³/mol. The summed E-state index contributed by atoms with van der Waals surface area (Å²) in [4.78, 5) is 19.8. The minimum absolute atomic E-state index is 0.0819. The van der Waals surface area contributed by atoms with Crippen molar-refractivity contribution in [1.82, 2.24) is 14.5 Å². The van der Waals surface area contributed by atoms with E-state index in [1.807, 2.05) is 52.8 Å². The summed E-state index contributed by atoms with van der Waals surface area (Å²) in [6, 6.07) is 14.1. The van der Waals surface area contributed by atoms with Crippen LogP contribution in [-0.2, 0) is 11.3 Å². The van der Waals surface area contributed by atoms with Gasteiger partial charge in [0.15, 0.2) is 11.5 Å². The molecule has 6 heteroatoms. The highest BCUT2D eigenvalue weighted by molar-refractivity contribution is 5.81. The Labute approximate surface area is 163 Å². The fraction of sp³-hybridized carbons (Fsp3) is 0.364. The molecule has 0 bridgehead atoms. The number of hydrogen-bond donors (Lipinski definition) is 0. The lowest BCUT2D eigenvalue weighted by molar-refractivity contribution is -0.132. The number of ether oxygens (including phenoxy) is 2. The van der Waals surface area contributed by atoms with Crippen LogP contribution < -0.4 is 9.47 Å². The molecule has 144 valence electrons. The highest BCUT2D eigenvalue weighted by Gasteiger charge is 2.31. The van der Waals surface area contributed by atoms with Gasteiger partial charge in [-0.25, -0.2) is 4.98 Å². The molecule has 1 saturated heterocycles. The molecule has 1 atom stereocenters. The number of benzene rings is 2. The van der Waals surface area contributed by atoms with E-state index in [0.29, 0.717) is 19.8 Å². The van der Waals surface area contributed by atoms with Crippen molar-refractivity contribution in [3.63, 3.8) is 0 Å². The molecule has 1 unspecified atom stereocenters. The molecule has 2 aliphatic heterocycles. The van der Waals surface area contributed by atoms with Crippen molar-refractivity contribution in [3.8, 4) is 11.5 Å². The van der Waals surface area contributed by atoms with Crippen molar-refractivity contribution in [2.75, 3.05) is 19.8 Å². The van der Waals surface area contributed by atoms with Crippen molar-refractivity contribution < 1.29 is 14.3 Å². The fourth-order valence-corrected chi connectivity index (χ4v) is 4.30. The Morgan fingerprint density at radius 2 is 1.96 bits per heavy atom. The maximum atomic E-state index is 13.2. The van der Waals surface area contributed by atoms with E-state index in [1.165, 1.54) is 0 Å². The Bertz CT molecular complexity index is 1040. The van der Waals surface area contributed by atoms with E-state index in [9.17, 15) is 4.79 Å². The van der Waals surface area contributed by atoms with Crippen molar-refractivity contribution in [2.45, 2.75) is 32.4 Å². The average molecular weight is 377 g/mol. The number of carbonyl (C=O) groups excluding carboxylic acids is 1. The van der Waals surface area contributed by atoms with Gasteiger partial charge < -0.3 is 18.9 Å². The smallest absolute Gasteiger partial charge is 0.243 e. The van der Waals surface area contributed by atoms with Crippen LogP contribution in [0, 0.1) is 6.92 Å². The number of aryl methyl sites for hydroxylation is 1. The number of hydrogen-bond acceptors (Lipinski definition) is 4. The quantitative estimate of drug-likeness (QED) is 0.701. The van der Waals surface area contributed by atoms with E-state index >= 15 is 0 Å². The number of aromatic nitrogens is 2. The van der Waals surface area contributed by atoms with Gasteiger partial charge in [-0.05, 0) is 49.6 Å². The van der Waals surface area contributed by atoms with E-state index in [-0.39, 0.29) is 11.9 Å². The Kier molecular flexibility index (Phi) is 4.19. The maximum absolute atomic E-state index is 13.2. The van der Waals surface area contributed by atoms with Crippen LogP contribution in [0.5, 0.6) is 11.5 Å². The molecule has 0 N–H and O–H groups in total. The van der Waals surface area contributed by atoms with Crippen molar-refractivity contribution >= 4 is 16.9 Å². The summed E-state index contributed by atoms with van der Waals surface area (Å²) in [5, 5.41) is 0. The summed E-state index contributed by atoms with van der Waals surface area (Å²) in [6.07, 6.45) is 1.98. The molecule has 6 nitrogen and oxygen atoms in total. The summed E-state index contributed by atoms with van der Waals surface area (Å²) in [7, 11) is 0. The molecule has 1 amide bonds. The third kappa shape index (κ3) is 2.89. The molecule has 2 aromatic carbocycles. The zero-order valence-electron chi connectivity index (χ0n) is 15.9. The van der Waals surface area contributed by atoms with Crippen LogP contribution in [-0.4, -0.2) is 40.1 Å². The monoisotopic (exact) mass is 377 g/mol. The van der Waals surface area contributed by atoms with Crippen LogP contribution in [0.3, 0.4) is 0 Å². The third-order valence-corrected chi connectivity index (χ3v) is 5.66. The lowest BCUT2D eigenvalue weighted by Crippen LogP contribution is -2.33. The van der Waals surface area contributed by atoms with Gasteiger partial charge in [0.05, 0.1) is 17.1 Å². The number of likely N-dealkylation sites (tertiary alicyclic amines) is 1. The molecule has 2 aliphatic rings. The zero-order chi connectivity index (χ0) is 19.1. The van der Waals surface area contributed by atoms with Gasteiger partial charge in [-0.15, -0.1) is 0 Å². The highest BCUT2D eigenvalue weighted by atomic mass is 16.6. The molecule has 0 aliphatic carbocycles. The van der Waals surface area contributed by atoms with Crippen LogP contribution in [0.15, 0.2) is 42.5 Å². The first-order valence-corrected chi connectivity index (χ1v) is 9.81. The first kappa shape index (κ1) is 17.1. The first-order chi connectivity index (χ1) is 13.7. The molecule has 3 aromatic rings. The molecule has 1 aromatic heterocycles. The molecule has 3 heterocycles. The second-order valence-corrected chi connectivity index (χ2v) is 7.38. The van der Waals surface area contributed by atoms with Crippen molar-refractivity contribution in [3.05, 3.63) is 53.9 Å². The second-order valence-electron chi connectivity index (χ2n) is 7.38. The number of imidazole rings is 1. The lowest BCUT2D eigenvalue weighted by Gasteiger charge is -2.27. The number of fused-ring (bicyclic) bond motifs is 2. The van der Waals surface area contributed by atoms with E-state index in [4.69, 9.17) is 9.47 Å². The molecule has 0 radical (unpaired) electrons. The number of rotatable bonds is 3. The summed E-state index contributed by atoms with van der Waals surface area (Å²) < 4.78 is 13.4. The molecule has 0 spiro atoms. The van der Waals surface area contributed by atoms with E-state index in [0.717, 1.165) is 53.3 Å². The number of nitrogens with zero attached hydrogens (tertiary/aromatic N) is 3. The fourth-order valence-electron chi connectivity index (χ4n) is 4.30. The number of para-hydroxylation sites is 2. The van der Waals surface area contributed by atoms with E-state index < -0.39 is 0 Å². The molecule has 5 rings (SSSR count). The maximum Gasteiger partial charge on any atom is 0.243 e. The van der Waals surface area contributed by atoms with Gasteiger partial charge in [0, 0.05) is 6.54 Å². The Balaban J connectivity index is 1.40. The summed E-state index contributed by atoms with van der Waals surface area (Å²) in [5.74, 6) is 2.55. The van der Waals surface area contributed by atoms with Crippen LogP contribution in [0.2, 0.25) is 0 Å². The molecule has 28 heavy (non-hydrogen) atoms. The standard InChI is InChI=1S/C22H23N3O3/c1-15-23-17-5-2-3-6-19(17)25(15)14-22(26)24-10-4-7-18(24)16-8-9-20-21(13-16)28-12-11-27-20/h2-3,5-6,8-9,13,18H,4,7,10-12,14H2,1H3. The van der Waals surface area contributed by atoms with Crippen LogP contribution in [0.4, 0.5) is 0 Å². The summed E-state index contributed by atoms with van der Waals surface area (Å²) >= 11 is 0. The molecular formula is C22H23N3O3. The minimum atomic E-state index is 0.0819. The van der Waals surface area contributed by atoms with Gasteiger partial charge in [-0.3, -0.25) is 4.79 Å². The van der Waals surface area contributed by atoms with Crippen molar-refractivity contribution in [1.29, 1.82) is 0 Å². The van der Waals surface area contributed by atoms with Crippen LogP contribution >= 0.6 is 0 Å². The van der Waals surface area contributed by atoms with Crippen LogP contribution in [0.25, 0.3) is 11.0 Å². The average Bonchev–Trinajstić information content (AvgIpc) is 3.33. The third-order valence-electron chi connectivity index (χ3n) is 5.66. The summed E-state index contributed by atoms with van der Waals surface area (Å²) in [6.45, 7) is 4.20. The van der Waals surface area contributed by atoms with E-state index in [2.05, 4.69) is 11.1 Å². The first-order valence-electron chi connectivity index (χ1n) is 9.81. The second kappa shape index (κ2) is 6.86. The normalized spacial score (nSPS) is 18.6.